The molecule has 7 nitrogen and oxygen atoms in total. The van der Waals surface area contributed by atoms with Gasteiger partial charge in [-0.1, -0.05) is 25.1 Å². The van der Waals surface area contributed by atoms with Crippen LogP contribution in [0.15, 0.2) is 35.2 Å². The summed E-state index contributed by atoms with van der Waals surface area (Å²) >= 11 is 0. The lowest BCUT2D eigenvalue weighted by Crippen LogP contribution is -2.41. The zero-order valence-electron chi connectivity index (χ0n) is 13.2. The molecule has 1 rings (SSSR count). The maximum atomic E-state index is 11.9. The molecule has 0 amide bonds. The zero-order valence-corrected chi connectivity index (χ0v) is 15.6. The Labute approximate surface area is 144 Å². The second kappa shape index (κ2) is 10.2. The van der Waals surface area contributed by atoms with Crippen LogP contribution in [0.4, 0.5) is 0 Å². The summed E-state index contributed by atoms with van der Waals surface area (Å²) < 4.78 is 52.2. The van der Waals surface area contributed by atoms with Gasteiger partial charge in [0, 0.05) is 19.1 Å². The Morgan fingerprint density at radius 1 is 1.04 bits per heavy atom. The van der Waals surface area contributed by atoms with Crippen LogP contribution >= 0.6 is 12.4 Å². The average molecular weight is 386 g/mol. The number of nitrogens with one attached hydrogen (secondary N) is 3. The number of hydrogen-bond donors (Lipinski definition) is 3. The number of halogens is 1. The minimum atomic E-state index is -3.68. The topological polar surface area (TPSA) is 104 Å². The minimum absolute atomic E-state index is 0. The molecule has 0 aliphatic heterocycles. The van der Waals surface area contributed by atoms with E-state index in [0.29, 0.717) is 0 Å². The van der Waals surface area contributed by atoms with Crippen molar-refractivity contribution in [1.29, 1.82) is 0 Å². The van der Waals surface area contributed by atoms with Crippen LogP contribution in [0.2, 0.25) is 0 Å². The third-order valence-corrected chi connectivity index (χ3v) is 5.70. The fourth-order valence-corrected chi connectivity index (χ4v) is 3.94. The molecule has 0 saturated carbocycles. The molecule has 0 fully saturated rings. The molecular formula is C13H24ClN3O4S2. The molecule has 3 N–H and O–H groups in total. The van der Waals surface area contributed by atoms with Gasteiger partial charge in [0.25, 0.3) is 0 Å². The monoisotopic (exact) mass is 385 g/mol. The van der Waals surface area contributed by atoms with Crippen LogP contribution < -0.4 is 14.8 Å². The van der Waals surface area contributed by atoms with E-state index in [1.165, 1.54) is 12.1 Å². The second-order valence-corrected chi connectivity index (χ2v) is 8.53. The Morgan fingerprint density at radius 3 is 2.22 bits per heavy atom. The van der Waals surface area contributed by atoms with E-state index in [9.17, 15) is 16.8 Å². The number of rotatable bonds is 10. The second-order valence-electron chi connectivity index (χ2n) is 4.84. The summed E-state index contributed by atoms with van der Waals surface area (Å²) in [5, 5.41) is 3.08. The van der Waals surface area contributed by atoms with Crippen LogP contribution in [-0.2, 0) is 20.0 Å². The van der Waals surface area contributed by atoms with E-state index in [1.54, 1.807) is 18.2 Å². The summed E-state index contributed by atoms with van der Waals surface area (Å²) in [6.07, 6.45) is 0. The van der Waals surface area contributed by atoms with Crippen LogP contribution in [0.3, 0.4) is 0 Å². The molecule has 1 aromatic carbocycles. The van der Waals surface area contributed by atoms with Gasteiger partial charge in [0.1, 0.15) is 0 Å². The van der Waals surface area contributed by atoms with E-state index in [1.807, 2.05) is 13.8 Å². The van der Waals surface area contributed by atoms with Gasteiger partial charge in [0.2, 0.25) is 20.0 Å². The highest BCUT2D eigenvalue weighted by molar-refractivity contribution is 7.90. The fourth-order valence-electron chi connectivity index (χ4n) is 1.74. The standard InChI is InChI=1S/C13H23N3O4S2.ClH/c1-3-14-12(2)11-16-21(17,18)10-9-15-22(19,20)13-7-5-4-6-8-13;/h4-8,12,14-16H,3,9-11H2,1-2H3;1H/t12-;/m1./s1. The molecule has 0 spiro atoms. The quantitative estimate of drug-likeness (QED) is 0.537. The lowest BCUT2D eigenvalue weighted by atomic mass is 10.3. The first-order valence-electron chi connectivity index (χ1n) is 7.02. The molecule has 0 radical (unpaired) electrons. The van der Waals surface area contributed by atoms with Gasteiger partial charge in [-0.25, -0.2) is 26.3 Å². The van der Waals surface area contributed by atoms with E-state index < -0.39 is 20.0 Å². The number of benzene rings is 1. The molecule has 23 heavy (non-hydrogen) atoms. The van der Waals surface area contributed by atoms with Crippen molar-refractivity contribution in [3.8, 4) is 0 Å². The number of likely N-dealkylation sites (N-methyl/N-ethyl adjacent to an activating group) is 1. The summed E-state index contributed by atoms with van der Waals surface area (Å²) in [6, 6.07) is 7.84. The maximum Gasteiger partial charge on any atom is 0.240 e. The van der Waals surface area contributed by atoms with Gasteiger partial charge in [-0.05, 0) is 25.6 Å². The van der Waals surface area contributed by atoms with E-state index >= 15 is 0 Å². The molecule has 1 atom stereocenters. The first-order chi connectivity index (χ1) is 10.3. The molecule has 0 aliphatic carbocycles. The van der Waals surface area contributed by atoms with E-state index in [0.717, 1.165) is 6.54 Å². The van der Waals surface area contributed by atoms with Crippen molar-refractivity contribution < 1.29 is 16.8 Å². The molecule has 10 heteroatoms. The maximum absolute atomic E-state index is 11.9. The smallest absolute Gasteiger partial charge is 0.240 e. The van der Waals surface area contributed by atoms with Crippen LogP contribution in [0.1, 0.15) is 13.8 Å². The van der Waals surface area contributed by atoms with Crippen molar-refractivity contribution in [3.63, 3.8) is 0 Å². The third-order valence-electron chi connectivity index (χ3n) is 2.88. The summed E-state index contributed by atoms with van der Waals surface area (Å²) in [7, 11) is -7.19. The molecular weight excluding hydrogens is 362 g/mol. The Bertz CT molecular complexity index is 651. The molecule has 0 heterocycles. The van der Waals surface area contributed by atoms with Crippen LogP contribution in [0.5, 0.6) is 0 Å². The summed E-state index contributed by atoms with van der Waals surface area (Å²) in [6.45, 7) is 4.64. The highest BCUT2D eigenvalue weighted by Crippen LogP contribution is 2.06. The largest absolute Gasteiger partial charge is 0.313 e. The predicted molar refractivity (Wildman–Crippen MR) is 93.8 cm³/mol. The highest BCUT2D eigenvalue weighted by Gasteiger charge is 2.16. The molecule has 0 saturated heterocycles. The van der Waals surface area contributed by atoms with Crippen molar-refractivity contribution in [3.05, 3.63) is 30.3 Å². The Kier molecular flexibility index (Phi) is 9.90. The Morgan fingerprint density at radius 2 is 1.65 bits per heavy atom. The van der Waals surface area contributed by atoms with Gasteiger partial charge in [0.15, 0.2) is 0 Å². The summed E-state index contributed by atoms with van der Waals surface area (Å²) in [5.74, 6) is -0.308. The zero-order chi connectivity index (χ0) is 16.6. The molecule has 0 aromatic heterocycles. The van der Waals surface area contributed by atoms with Gasteiger partial charge in [-0.2, -0.15) is 0 Å². The van der Waals surface area contributed by atoms with E-state index in [2.05, 4.69) is 14.8 Å². The minimum Gasteiger partial charge on any atom is -0.313 e. The predicted octanol–water partition coefficient (Wildman–Crippen LogP) is 0.304. The van der Waals surface area contributed by atoms with Crippen LogP contribution in [-0.4, -0.2) is 48.3 Å². The molecule has 134 valence electrons. The van der Waals surface area contributed by atoms with Crippen molar-refractivity contribution >= 4 is 32.5 Å². The summed E-state index contributed by atoms with van der Waals surface area (Å²) in [5.41, 5.74) is 0. The highest BCUT2D eigenvalue weighted by atomic mass is 35.5. The lowest BCUT2D eigenvalue weighted by molar-refractivity contribution is 0.535. The van der Waals surface area contributed by atoms with Crippen LogP contribution in [0, 0.1) is 0 Å². The van der Waals surface area contributed by atoms with E-state index in [4.69, 9.17) is 0 Å². The number of hydrogen-bond acceptors (Lipinski definition) is 5. The summed E-state index contributed by atoms with van der Waals surface area (Å²) in [4.78, 5) is 0.112. The van der Waals surface area contributed by atoms with Crippen LogP contribution in [0.25, 0.3) is 0 Å². The van der Waals surface area contributed by atoms with Gasteiger partial charge in [-0.15, -0.1) is 12.4 Å². The van der Waals surface area contributed by atoms with Crippen molar-refractivity contribution in [2.45, 2.75) is 24.8 Å². The normalized spacial score (nSPS) is 13.3. The van der Waals surface area contributed by atoms with Gasteiger partial charge in [0.05, 0.1) is 10.6 Å². The molecule has 0 bridgehead atoms. The van der Waals surface area contributed by atoms with Gasteiger partial charge in [-0.3, -0.25) is 0 Å². The van der Waals surface area contributed by atoms with E-state index in [-0.39, 0.29) is 42.2 Å². The van der Waals surface area contributed by atoms with Gasteiger partial charge < -0.3 is 5.32 Å². The van der Waals surface area contributed by atoms with Crippen molar-refractivity contribution in [1.82, 2.24) is 14.8 Å². The first kappa shape index (κ1) is 22.3. The number of sulfonamides is 2. The first-order valence-corrected chi connectivity index (χ1v) is 10.2. The van der Waals surface area contributed by atoms with Crippen molar-refractivity contribution in [2.24, 2.45) is 0 Å². The Balaban J connectivity index is 0.00000484. The van der Waals surface area contributed by atoms with Gasteiger partial charge >= 0.3 is 0 Å². The molecule has 0 aliphatic rings. The SMILES string of the molecule is CCN[C@H](C)CNS(=O)(=O)CCNS(=O)(=O)c1ccccc1.Cl. The average Bonchev–Trinajstić information content (AvgIpc) is 2.46. The fraction of sp³-hybridized carbons (Fsp3) is 0.538. The Hall–Kier alpha value is -0.710. The molecule has 0 unspecified atom stereocenters. The molecule has 1 aromatic rings. The van der Waals surface area contributed by atoms with Crippen molar-refractivity contribution in [2.75, 3.05) is 25.4 Å². The lowest BCUT2D eigenvalue weighted by Gasteiger charge is -2.13. The third kappa shape index (κ3) is 8.63.